The molecule has 2 heterocycles. The van der Waals surface area contributed by atoms with Gasteiger partial charge in [-0.15, -0.1) is 0 Å². The third-order valence-corrected chi connectivity index (χ3v) is 15.8. The van der Waals surface area contributed by atoms with Crippen molar-refractivity contribution in [3.05, 3.63) is 77.9 Å². The summed E-state index contributed by atoms with van der Waals surface area (Å²) in [6.45, 7) is 2.85. The summed E-state index contributed by atoms with van der Waals surface area (Å²) < 4.78 is 66.1. The molecule has 7 rings (SSSR count). The lowest BCUT2D eigenvalue weighted by Gasteiger charge is -2.38. The minimum atomic E-state index is -3.72. The molecule has 11 nitrogen and oxygen atoms in total. The van der Waals surface area contributed by atoms with Gasteiger partial charge in [-0.1, -0.05) is 42.5 Å². The highest BCUT2D eigenvalue weighted by Gasteiger charge is 2.54. The van der Waals surface area contributed by atoms with Gasteiger partial charge in [0.2, 0.25) is 10.0 Å². The van der Waals surface area contributed by atoms with E-state index in [1.165, 1.54) is 12.1 Å². The molecule has 3 aromatic rings. The van der Waals surface area contributed by atoms with Crippen molar-refractivity contribution in [2.45, 2.75) is 89.7 Å². The highest BCUT2D eigenvalue weighted by atomic mass is 32.2. The van der Waals surface area contributed by atoms with Crippen molar-refractivity contribution < 1.29 is 36.5 Å². The molecule has 4 aliphatic rings. The molecule has 0 unspecified atom stereocenters. The SMILES string of the molecule is Cc1c(-c2ccc(C3(N)CC3)cc2)cccc1S(=O)(=O)N1CCC2(CC1)C[C@@H](NC[C@H](O)COc1cccc(S(=O)(=O)C3(CO)CC3)c1)CO2. The van der Waals surface area contributed by atoms with Crippen LogP contribution in [-0.4, -0.2) is 93.3 Å². The van der Waals surface area contributed by atoms with Crippen molar-refractivity contribution >= 4 is 19.9 Å². The molecule has 0 bridgehead atoms. The van der Waals surface area contributed by atoms with Crippen molar-refractivity contribution in [3.8, 4) is 16.9 Å². The van der Waals surface area contributed by atoms with E-state index in [1.807, 2.05) is 37.3 Å². The van der Waals surface area contributed by atoms with Gasteiger partial charge in [-0.25, -0.2) is 16.8 Å². The molecule has 5 N–H and O–H groups in total. The second-order valence-electron chi connectivity index (χ2n) is 14.7. The maximum absolute atomic E-state index is 13.9. The lowest BCUT2D eigenvalue weighted by Crippen LogP contribution is -2.47. The summed E-state index contributed by atoms with van der Waals surface area (Å²) in [5.74, 6) is 0.332. The number of piperidine rings is 1. The Hall–Kier alpha value is -2.88. The lowest BCUT2D eigenvalue weighted by atomic mass is 9.88. The number of nitrogens with zero attached hydrogens (tertiary/aromatic N) is 1. The van der Waals surface area contributed by atoms with Crippen LogP contribution in [0.4, 0.5) is 0 Å². The first-order valence-electron chi connectivity index (χ1n) is 17.4. The van der Waals surface area contributed by atoms with E-state index in [2.05, 4.69) is 5.32 Å². The van der Waals surface area contributed by atoms with Gasteiger partial charge in [-0.05, 0) is 98.4 Å². The van der Waals surface area contributed by atoms with E-state index in [0.717, 1.165) is 35.1 Å². The van der Waals surface area contributed by atoms with E-state index in [1.54, 1.807) is 28.6 Å². The number of benzene rings is 3. The fraction of sp³-hybridized carbons (Fsp3) is 0.514. The number of hydrogen-bond acceptors (Lipinski definition) is 10. The van der Waals surface area contributed by atoms with Gasteiger partial charge in [0, 0.05) is 31.2 Å². The molecular formula is C37H47N3O8S2. The van der Waals surface area contributed by atoms with Crippen LogP contribution in [-0.2, 0) is 30.1 Å². The third-order valence-electron chi connectivity index (χ3n) is 11.2. The molecule has 2 saturated heterocycles. The summed E-state index contributed by atoms with van der Waals surface area (Å²) in [4.78, 5) is 0.422. The maximum Gasteiger partial charge on any atom is 0.243 e. The molecule has 13 heteroatoms. The van der Waals surface area contributed by atoms with Crippen LogP contribution in [0.5, 0.6) is 5.75 Å². The monoisotopic (exact) mass is 725 g/mol. The first kappa shape index (κ1) is 35.5. The fourth-order valence-electron chi connectivity index (χ4n) is 7.40. The molecule has 1 spiro atoms. The van der Waals surface area contributed by atoms with Crippen molar-refractivity contribution in [2.24, 2.45) is 5.73 Å². The van der Waals surface area contributed by atoms with Gasteiger partial charge in [0.15, 0.2) is 9.84 Å². The van der Waals surface area contributed by atoms with E-state index >= 15 is 0 Å². The average Bonchev–Trinajstić information content (AvgIpc) is 4.05. The molecule has 2 aliphatic heterocycles. The Morgan fingerprint density at radius 1 is 0.980 bits per heavy atom. The highest BCUT2D eigenvalue weighted by Crippen LogP contribution is 2.47. The Balaban J connectivity index is 0.900. The summed E-state index contributed by atoms with van der Waals surface area (Å²) >= 11 is 0. The largest absolute Gasteiger partial charge is 0.491 e. The topological polar surface area (TPSA) is 168 Å². The van der Waals surface area contributed by atoms with Crippen LogP contribution in [0.15, 0.2) is 76.5 Å². The van der Waals surface area contributed by atoms with Crippen molar-refractivity contribution in [1.82, 2.24) is 9.62 Å². The van der Waals surface area contributed by atoms with Crippen molar-refractivity contribution in [1.29, 1.82) is 0 Å². The summed E-state index contributed by atoms with van der Waals surface area (Å²) in [6, 6.07) is 19.8. The Labute approximate surface area is 294 Å². The quantitative estimate of drug-likeness (QED) is 0.205. The normalized spacial score (nSPS) is 23.1. The average molecular weight is 726 g/mol. The van der Waals surface area contributed by atoms with E-state index in [9.17, 15) is 27.0 Å². The number of hydrogen-bond donors (Lipinski definition) is 4. The summed E-state index contributed by atoms with van der Waals surface area (Å²) in [5.41, 5.74) is 9.40. The highest BCUT2D eigenvalue weighted by molar-refractivity contribution is 7.93. The molecule has 50 heavy (non-hydrogen) atoms. The van der Waals surface area contributed by atoms with E-state index in [4.69, 9.17) is 15.2 Å². The molecule has 0 amide bonds. The van der Waals surface area contributed by atoms with Crippen molar-refractivity contribution in [3.63, 3.8) is 0 Å². The van der Waals surface area contributed by atoms with Gasteiger partial charge in [-0.2, -0.15) is 4.31 Å². The minimum absolute atomic E-state index is 0.00568. The number of nitrogens with one attached hydrogen (secondary N) is 1. The number of ether oxygens (including phenoxy) is 2. The number of sulfonamides is 1. The number of sulfone groups is 1. The summed E-state index contributed by atoms with van der Waals surface area (Å²) in [7, 11) is -7.40. The minimum Gasteiger partial charge on any atom is -0.491 e. The zero-order chi connectivity index (χ0) is 35.4. The zero-order valence-electron chi connectivity index (χ0n) is 28.4. The number of rotatable bonds is 13. The smallest absolute Gasteiger partial charge is 0.243 e. The summed E-state index contributed by atoms with van der Waals surface area (Å²) in [6.07, 6.45) is 3.85. The van der Waals surface area contributed by atoms with Crippen LogP contribution in [0.1, 0.15) is 56.1 Å². The van der Waals surface area contributed by atoms with E-state index < -0.39 is 42.9 Å². The molecule has 2 aliphatic carbocycles. The Kier molecular flexibility index (Phi) is 9.43. The van der Waals surface area contributed by atoms with Gasteiger partial charge in [0.25, 0.3) is 0 Å². The Bertz CT molecular complexity index is 1930. The number of aliphatic hydroxyl groups excluding tert-OH is 2. The molecule has 270 valence electrons. The first-order valence-corrected chi connectivity index (χ1v) is 20.4. The summed E-state index contributed by atoms with van der Waals surface area (Å²) in [5, 5.41) is 23.6. The first-order chi connectivity index (χ1) is 23.8. The van der Waals surface area contributed by atoms with Gasteiger partial charge >= 0.3 is 0 Å². The van der Waals surface area contributed by atoms with Gasteiger partial charge in [0.05, 0.1) is 33.4 Å². The Morgan fingerprint density at radius 3 is 2.34 bits per heavy atom. The Morgan fingerprint density at radius 2 is 1.68 bits per heavy atom. The predicted octanol–water partition coefficient (Wildman–Crippen LogP) is 3.25. The van der Waals surface area contributed by atoms with Gasteiger partial charge in [0.1, 0.15) is 18.5 Å². The van der Waals surface area contributed by atoms with Crippen LogP contribution in [0.2, 0.25) is 0 Å². The maximum atomic E-state index is 13.9. The van der Waals surface area contributed by atoms with Gasteiger partial charge < -0.3 is 30.7 Å². The third kappa shape index (κ3) is 6.74. The second-order valence-corrected chi connectivity index (χ2v) is 18.9. The van der Waals surface area contributed by atoms with Crippen LogP contribution in [0, 0.1) is 6.92 Å². The molecule has 0 aromatic heterocycles. The molecule has 0 radical (unpaired) electrons. The molecule has 2 atom stereocenters. The number of aliphatic hydroxyl groups is 2. The van der Waals surface area contributed by atoms with Crippen LogP contribution >= 0.6 is 0 Å². The second kappa shape index (κ2) is 13.3. The van der Waals surface area contributed by atoms with Crippen molar-refractivity contribution in [2.75, 3.05) is 39.5 Å². The molecular weight excluding hydrogens is 679 g/mol. The molecule has 4 fully saturated rings. The van der Waals surface area contributed by atoms with Crippen LogP contribution in [0.25, 0.3) is 11.1 Å². The molecule has 3 aromatic carbocycles. The number of nitrogens with two attached hydrogens (primary N) is 1. The lowest BCUT2D eigenvalue weighted by molar-refractivity contribution is -0.0312. The van der Waals surface area contributed by atoms with Crippen LogP contribution < -0.4 is 15.8 Å². The molecule has 2 saturated carbocycles. The standard InChI is InChI=1S/C37H47N3O8S2/c1-26-33(27-8-10-28(11-9-27)37(38)14-15-37)6-3-7-34(26)50(45,46)40-18-16-35(17-19-40)21-29(23-48-35)39-22-30(42)24-47-31-4-2-5-32(20-31)49(43,44)36(25-41)12-13-36/h2-11,20,29-30,39,41-42H,12-19,21-25,38H2,1H3/t29-,30+/m1/s1. The van der Waals surface area contributed by atoms with Crippen LogP contribution in [0.3, 0.4) is 0 Å². The van der Waals surface area contributed by atoms with Gasteiger partial charge in [-0.3, -0.25) is 0 Å². The van der Waals surface area contributed by atoms with E-state index in [0.29, 0.717) is 62.4 Å². The predicted molar refractivity (Wildman–Crippen MR) is 189 cm³/mol. The zero-order valence-corrected chi connectivity index (χ0v) is 30.0. The fourth-order valence-corrected chi connectivity index (χ4v) is 10.9. The van der Waals surface area contributed by atoms with E-state index in [-0.39, 0.29) is 29.6 Å².